The highest BCUT2D eigenvalue weighted by atomic mass is 79.9. The SMILES string of the molecule is CC1Oc2c(Br)cccc2C1=O. The number of ketones is 1. The summed E-state index contributed by atoms with van der Waals surface area (Å²) in [6.07, 6.45) is -0.335. The predicted octanol–water partition coefficient (Wildman–Crippen LogP) is 2.41. The van der Waals surface area contributed by atoms with Gasteiger partial charge in [-0.2, -0.15) is 0 Å². The van der Waals surface area contributed by atoms with Crippen molar-refractivity contribution in [3.05, 3.63) is 28.2 Å². The second kappa shape index (κ2) is 2.59. The van der Waals surface area contributed by atoms with Gasteiger partial charge in [0.05, 0.1) is 10.0 Å². The van der Waals surface area contributed by atoms with Gasteiger partial charge in [-0.15, -0.1) is 0 Å². The molecule has 1 aliphatic heterocycles. The van der Waals surface area contributed by atoms with Crippen molar-refractivity contribution < 1.29 is 9.53 Å². The van der Waals surface area contributed by atoms with Crippen molar-refractivity contribution in [2.75, 3.05) is 0 Å². The van der Waals surface area contributed by atoms with Crippen LogP contribution in [0.1, 0.15) is 17.3 Å². The van der Waals surface area contributed by atoms with Crippen LogP contribution in [-0.2, 0) is 0 Å². The smallest absolute Gasteiger partial charge is 0.206 e. The first kappa shape index (κ1) is 7.80. The Balaban J connectivity index is 2.61. The Labute approximate surface area is 78.7 Å². The summed E-state index contributed by atoms with van der Waals surface area (Å²) in [6, 6.07) is 5.48. The van der Waals surface area contributed by atoms with E-state index in [1.807, 2.05) is 12.1 Å². The molecule has 12 heavy (non-hydrogen) atoms. The second-order valence-corrected chi connectivity index (χ2v) is 3.60. The van der Waals surface area contributed by atoms with E-state index in [0.29, 0.717) is 11.3 Å². The van der Waals surface area contributed by atoms with Gasteiger partial charge in [0, 0.05) is 0 Å². The zero-order valence-electron chi connectivity index (χ0n) is 6.50. The zero-order valence-corrected chi connectivity index (χ0v) is 8.09. The molecule has 3 heteroatoms. The number of rotatable bonds is 0. The fourth-order valence-electron chi connectivity index (χ4n) is 1.27. The molecule has 0 N–H and O–H groups in total. The lowest BCUT2D eigenvalue weighted by molar-refractivity contribution is 0.0878. The molecule has 0 saturated carbocycles. The summed E-state index contributed by atoms with van der Waals surface area (Å²) in [5.41, 5.74) is 0.678. The summed E-state index contributed by atoms with van der Waals surface area (Å²) >= 11 is 3.33. The lowest BCUT2D eigenvalue weighted by atomic mass is 10.1. The molecule has 0 spiro atoms. The number of carbonyl (C=O) groups excluding carboxylic acids is 1. The highest BCUT2D eigenvalue weighted by molar-refractivity contribution is 9.10. The number of halogens is 1. The molecule has 0 fully saturated rings. The van der Waals surface area contributed by atoms with Crippen molar-refractivity contribution in [2.45, 2.75) is 13.0 Å². The van der Waals surface area contributed by atoms with Crippen LogP contribution < -0.4 is 4.74 Å². The molecule has 1 aliphatic rings. The summed E-state index contributed by atoms with van der Waals surface area (Å²) in [4.78, 5) is 11.4. The third kappa shape index (κ3) is 0.966. The Hall–Kier alpha value is -0.830. The van der Waals surface area contributed by atoms with Gasteiger partial charge in [-0.1, -0.05) is 6.07 Å². The van der Waals surface area contributed by atoms with Gasteiger partial charge < -0.3 is 4.74 Å². The van der Waals surface area contributed by atoms with Crippen LogP contribution >= 0.6 is 15.9 Å². The molecule has 2 nitrogen and oxygen atoms in total. The number of benzene rings is 1. The minimum atomic E-state index is -0.335. The number of fused-ring (bicyclic) bond motifs is 1. The van der Waals surface area contributed by atoms with Crippen LogP contribution in [0.2, 0.25) is 0 Å². The Morgan fingerprint density at radius 2 is 2.25 bits per heavy atom. The maximum atomic E-state index is 11.4. The third-order valence-corrected chi connectivity index (χ3v) is 2.52. The highest BCUT2D eigenvalue weighted by Gasteiger charge is 2.29. The molecule has 0 amide bonds. The number of ether oxygens (including phenoxy) is 1. The lowest BCUT2D eigenvalue weighted by Crippen LogP contribution is -2.14. The first-order chi connectivity index (χ1) is 5.70. The number of carbonyl (C=O) groups is 1. The van der Waals surface area contributed by atoms with Gasteiger partial charge in [-0.25, -0.2) is 0 Å². The molecule has 1 aromatic rings. The monoisotopic (exact) mass is 226 g/mol. The minimum absolute atomic E-state index is 0.0614. The maximum absolute atomic E-state index is 11.4. The maximum Gasteiger partial charge on any atom is 0.206 e. The average molecular weight is 227 g/mol. The van der Waals surface area contributed by atoms with Crippen molar-refractivity contribution in [1.82, 2.24) is 0 Å². The van der Waals surface area contributed by atoms with E-state index in [0.717, 1.165) is 4.47 Å². The van der Waals surface area contributed by atoms with E-state index in [2.05, 4.69) is 15.9 Å². The van der Waals surface area contributed by atoms with Crippen molar-refractivity contribution in [3.8, 4) is 5.75 Å². The van der Waals surface area contributed by atoms with E-state index in [1.165, 1.54) is 0 Å². The predicted molar refractivity (Wildman–Crippen MR) is 48.6 cm³/mol. The van der Waals surface area contributed by atoms with E-state index in [4.69, 9.17) is 4.74 Å². The molecule has 0 saturated heterocycles. The Morgan fingerprint density at radius 1 is 1.50 bits per heavy atom. The third-order valence-electron chi connectivity index (χ3n) is 1.90. The number of hydrogen-bond donors (Lipinski definition) is 0. The topological polar surface area (TPSA) is 26.3 Å². The van der Waals surface area contributed by atoms with Gasteiger partial charge in [-0.3, -0.25) is 4.79 Å². The lowest BCUT2D eigenvalue weighted by Gasteiger charge is -2.01. The molecule has 0 radical (unpaired) electrons. The highest BCUT2D eigenvalue weighted by Crippen LogP contribution is 2.35. The Morgan fingerprint density at radius 3 is 2.92 bits per heavy atom. The molecule has 0 aromatic heterocycles. The average Bonchev–Trinajstić information content (AvgIpc) is 2.32. The molecule has 0 aliphatic carbocycles. The van der Waals surface area contributed by atoms with Crippen LogP contribution in [0.3, 0.4) is 0 Å². The summed E-state index contributed by atoms with van der Waals surface area (Å²) in [6.45, 7) is 1.76. The summed E-state index contributed by atoms with van der Waals surface area (Å²) in [5, 5.41) is 0. The van der Waals surface area contributed by atoms with Crippen molar-refractivity contribution in [2.24, 2.45) is 0 Å². The van der Waals surface area contributed by atoms with Gasteiger partial charge in [0.15, 0.2) is 6.10 Å². The summed E-state index contributed by atoms with van der Waals surface area (Å²) < 4.78 is 6.20. The molecule has 1 heterocycles. The first-order valence-electron chi connectivity index (χ1n) is 3.69. The van der Waals surface area contributed by atoms with Crippen LogP contribution in [0, 0.1) is 0 Å². The summed E-state index contributed by atoms with van der Waals surface area (Å²) in [5.74, 6) is 0.737. The fourth-order valence-corrected chi connectivity index (χ4v) is 1.73. The second-order valence-electron chi connectivity index (χ2n) is 2.74. The van der Waals surface area contributed by atoms with Gasteiger partial charge in [0.25, 0.3) is 0 Å². The minimum Gasteiger partial charge on any atom is -0.481 e. The van der Waals surface area contributed by atoms with E-state index < -0.39 is 0 Å². The number of hydrogen-bond acceptors (Lipinski definition) is 2. The molecule has 1 aromatic carbocycles. The quantitative estimate of drug-likeness (QED) is 0.680. The molecule has 1 unspecified atom stereocenters. The largest absolute Gasteiger partial charge is 0.481 e. The Bertz CT molecular complexity index is 346. The number of Topliss-reactive ketones (excluding diaryl/α,β-unsaturated/α-hetero) is 1. The van der Waals surface area contributed by atoms with Crippen molar-refractivity contribution in [3.63, 3.8) is 0 Å². The fraction of sp³-hybridized carbons (Fsp3) is 0.222. The van der Waals surface area contributed by atoms with Gasteiger partial charge >= 0.3 is 0 Å². The van der Waals surface area contributed by atoms with Crippen LogP contribution in [0.4, 0.5) is 0 Å². The van der Waals surface area contributed by atoms with Gasteiger partial charge in [-0.05, 0) is 35.0 Å². The summed E-state index contributed by atoms with van der Waals surface area (Å²) in [7, 11) is 0. The molecule has 1 atom stereocenters. The molecule has 62 valence electrons. The van der Waals surface area contributed by atoms with Crippen LogP contribution in [0.25, 0.3) is 0 Å². The van der Waals surface area contributed by atoms with E-state index in [9.17, 15) is 4.79 Å². The van der Waals surface area contributed by atoms with Gasteiger partial charge in [0.1, 0.15) is 5.75 Å². The van der Waals surface area contributed by atoms with Crippen LogP contribution in [0.5, 0.6) is 5.75 Å². The van der Waals surface area contributed by atoms with E-state index >= 15 is 0 Å². The molecular weight excluding hydrogens is 220 g/mol. The standard InChI is InChI=1S/C9H7BrO2/c1-5-8(11)6-3-2-4-7(10)9(6)12-5/h2-5H,1H3. The zero-order chi connectivity index (χ0) is 8.72. The van der Waals surface area contributed by atoms with Gasteiger partial charge in [0.2, 0.25) is 5.78 Å². The Kier molecular flexibility index (Phi) is 1.68. The van der Waals surface area contributed by atoms with Crippen LogP contribution in [-0.4, -0.2) is 11.9 Å². The molecule has 2 rings (SSSR count). The van der Waals surface area contributed by atoms with Crippen molar-refractivity contribution >= 4 is 21.7 Å². The molecular formula is C9H7BrO2. The van der Waals surface area contributed by atoms with E-state index in [1.54, 1.807) is 13.0 Å². The molecule has 0 bridgehead atoms. The van der Waals surface area contributed by atoms with Crippen molar-refractivity contribution in [1.29, 1.82) is 0 Å². The number of para-hydroxylation sites is 1. The van der Waals surface area contributed by atoms with E-state index in [-0.39, 0.29) is 11.9 Å². The normalized spacial score (nSPS) is 20.5. The van der Waals surface area contributed by atoms with Crippen LogP contribution in [0.15, 0.2) is 22.7 Å². The first-order valence-corrected chi connectivity index (χ1v) is 4.49.